The minimum absolute atomic E-state index is 0.0897. The molecule has 1 unspecified atom stereocenters. The summed E-state index contributed by atoms with van der Waals surface area (Å²) >= 11 is 0. The molecule has 1 atom stereocenters. The third-order valence-electron chi connectivity index (χ3n) is 4.64. The van der Waals surface area contributed by atoms with Gasteiger partial charge in [-0.25, -0.2) is 0 Å². The molecule has 2 aromatic rings. The van der Waals surface area contributed by atoms with E-state index in [1.807, 2.05) is 12.1 Å². The third-order valence-corrected chi connectivity index (χ3v) is 4.64. The Kier molecular flexibility index (Phi) is 3.23. The first kappa shape index (κ1) is 13.1. The Bertz CT molecular complexity index is 735. The molecule has 0 fully saturated rings. The fourth-order valence-electron chi connectivity index (χ4n) is 3.19. The first-order valence-corrected chi connectivity index (χ1v) is 7.11. The van der Waals surface area contributed by atoms with E-state index in [0.717, 1.165) is 10.9 Å². The zero-order valence-electron chi connectivity index (χ0n) is 12.3. The molecule has 2 aromatic carbocycles. The predicted molar refractivity (Wildman–Crippen MR) is 84.7 cm³/mol. The molecule has 20 heavy (non-hydrogen) atoms. The van der Waals surface area contributed by atoms with Crippen LogP contribution in [-0.4, -0.2) is 5.11 Å². The number of benzene rings is 2. The summed E-state index contributed by atoms with van der Waals surface area (Å²) in [5.74, 6) is 0.307. The van der Waals surface area contributed by atoms with Gasteiger partial charge in [0, 0.05) is 5.92 Å². The highest BCUT2D eigenvalue weighted by atomic mass is 16.3. The number of hydrogen-bond donors (Lipinski definition) is 1. The van der Waals surface area contributed by atoms with E-state index >= 15 is 0 Å². The van der Waals surface area contributed by atoms with Crippen molar-refractivity contribution in [1.82, 2.24) is 0 Å². The minimum Gasteiger partial charge on any atom is -0.392 e. The van der Waals surface area contributed by atoms with Crippen LogP contribution >= 0.6 is 0 Å². The summed E-state index contributed by atoms with van der Waals surface area (Å²) in [7, 11) is 0. The maximum absolute atomic E-state index is 9.86. The predicted octanol–water partition coefficient (Wildman–Crippen LogP) is 4.71. The van der Waals surface area contributed by atoms with Gasteiger partial charge in [0.2, 0.25) is 0 Å². The highest BCUT2D eigenvalue weighted by molar-refractivity contribution is 5.87. The summed E-state index contributed by atoms with van der Waals surface area (Å²) in [6.45, 7) is 6.63. The maximum atomic E-state index is 9.86. The zero-order valence-corrected chi connectivity index (χ0v) is 12.3. The van der Waals surface area contributed by atoms with Gasteiger partial charge in [0.25, 0.3) is 0 Å². The van der Waals surface area contributed by atoms with Gasteiger partial charge >= 0.3 is 0 Å². The molecule has 1 heteroatoms. The van der Waals surface area contributed by atoms with E-state index < -0.39 is 0 Å². The highest BCUT2D eigenvalue weighted by Crippen LogP contribution is 2.40. The van der Waals surface area contributed by atoms with E-state index in [2.05, 4.69) is 51.1 Å². The van der Waals surface area contributed by atoms with Gasteiger partial charge in [-0.1, -0.05) is 53.6 Å². The Morgan fingerprint density at radius 2 is 1.75 bits per heavy atom. The van der Waals surface area contributed by atoms with Crippen LogP contribution in [0, 0.1) is 0 Å². The largest absolute Gasteiger partial charge is 0.392 e. The number of fused-ring (bicyclic) bond motifs is 1. The van der Waals surface area contributed by atoms with Gasteiger partial charge < -0.3 is 5.11 Å². The minimum atomic E-state index is 0.0897. The summed E-state index contributed by atoms with van der Waals surface area (Å²) in [6.07, 6.45) is 2.31. The van der Waals surface area contributed by atoms with Crippen molar-refractivity contribution in [1.29, 1.82) is 0 Å². The fourth-order valence-corrected chi connectivity index (χ4v) is 3.19. The quantitative estimate of drug-likeness (QED) is 0.832. The van der Waals surface area contributed by atoms with E-state index in [4.69, 9.17) is 0 Å². The molecule has 1 nitrogen and oxygen atoms in total. The van der Waals surface area contributed by atoms with Gasteiger partial charge in [-0.2, -0.15) is 0 Å². The summed E-state index contributed by atoms with van der Waals surface area (Å²) in [5.41, 5.74) is 6.43. The Labute approximate surface area is 120 Å². The Hall–Kier alpha value is -1.86. The lowest BCUT2D eigenvalue weighted by atomic mass is 9.87. The van der Waals surface area contributed by atoms with Crippen molar-refractivity contribution in [2.75, 3.05) is 0 Å². The first-order valence-electron chi connectivity index (χ1n) is 7.11. The Balaban J connectivity index is 2.23. The van der Waals surface area contributed by atoms with Crippen molar-refractivity contribution in [3.8, 4) is 0 Å². The molecule has 0 aromatic heterocycles. The number of aliphatic hydroxyl groups excluding tert-OH is 1. The van der Waals surface area contributed by atoms with Gasteiger partial charge in [0.15, 0.2) is 0 Å². The summed E-state index contributed by atoms with van der Waals surface area (Å²) in [6, 6.07) is 12.6. The number of rotatable bonds is 2. The number of allylic oxidation sites excluding steroid dienone is 4. The second-order valence-corrected chi connectivity index (χ2v) is 5.65. The van der Waals surface area contributed by atoms with Gasteiger partial charge in [-0.05, 0) is 48.2 Å². The molecule has 1 N–H and O–H groups in total. The van der Waals surface area contributed by atoms with Crippen molar-refractivity contribution in [2.24, 2.45) is 0 Å². The second kappa shape index (κ2) is 4.92. The zero-order chi connectivity index (χ0) is 14.3. The van der Waals surface area contributed by atoms with E-state index in [9.17, 15) is 5.11 Å². The molecule has 3 rings (SSSR count). The molecule has 0 spiro atoms. The average Bonchev–Trinajstić information content (AvgIpc) is 2.73. The lowest BCUT2D eigenvalue weighted by Gasteiger charge is -2.17. The summed E-state index contributed by atoms with van der Waals surface area (Å²) in [4.78, 5) is 0. The molecular weight excluding hydrogens is 244 g/mol. The molecule has 0 heterocycles. The molecule has 0 bridgehead atoms. The molecular formula is C19H20O. The van der Waals surface area contributed by atoms with Crippen LogP contribution in [0.1, 0.15) is 37.8 Å². The molecule has 0 aliphatic heterocycles. The van der Waals surface area contributed by atoms with Crippen LogP contribution in [0.25, 0.3) is 10.8 Å². The Morgan fingerprint density at radius 1 is 1.00 bits per heavy atom. The Morgan fingerprint density at radius 3 is 2.40 bits per heavy atom. The molecule has 1 aliphatic rings. The standard InChI is InChI=1S/C19H20O/c1-12-10-18(14(3)13(12)2)17-9-8-15-6-4-5-7-16(15)19(17)11-20/h4-10,18,20H,11H2,1-3H3. The summed E-state index contributed by atoms with van der Waals surface area (Å²) < 4.78 is 0. The van der Waals surface area contributed by atoms with Gasteiger partial charge in [-0.3, -0.25) is 0 Å². The topological polar surface area (TPSA) is 20.2 Å². The van der Waals surface area contributed by atoms with Crippen LogP contribution in [0.4, 0.5) is 0 Å². The molecule has 102 valence electrons. The SMILES string of the molecule is CC1=CC(c2ccc3ccccc3c2CO)C(C)=C1C. The lowest BCUT2D eigenvalue weighted by molar-refractivity contribution is 0.282. The smallest absolute Gasteiger partial charge is 0.0690 e. The van der Waals surface area contributed by atoms with Gasteiger partial charge in [0.05, 0.1) is 6.61 Å². The molecule has 0 amide bonds. The number of hydrogen-bond acceptors (Lipinski definition) is 1. The fraction of sp³-hybridized carbons (Fsp3) is 0.263. The van der Waals surface area contributed by atoms with Crippen molar-refractivity contribution in [3.63, 3.8) is 0 Å². The molecule has 0 saturated heterocycles. The highest BCUT2D eigenvalue weighted by Gasteiger charge is 2.22. The van der Waals surface area contributed by atoms with E-state index in [0.29, 0.717) is 5.92 Å². The first-order chi connectivity index (χ1) is 9.63. The molecule has 1 aliphatic carbocycles. The van der Waals surface area contributed by atoms with E-state index in [-0.39, 0.29) is 6.61 Å². The van der Waals surface area contributed by atoms with Gasteiger partial charge in [0.1, 0.15) is 0 Å². The van der Waals surface area contributed by atoms with Crippen LogP contribution in [0.5, 0.6) is 0 Å². The molecule has 0 saturated carbocycles. The number of aliphatic hydroxyl groups is 1. The van der Waals surface area contributed by atoms with Crippen molar-refractivity contribution in [2.45, 2.75) is 33.3 Å². The van der Waals surface area contributed by atoms with Crippen LogP contribution in [-0.2, 0) is 6.61 Å². The van der Waals surface area contributed by atoms with Crippen LogP contribution in [0.3, 0.4) is 0 Å². The maximum Gasteiger partial charge on any atom is 0.0690 e. The van der Waals surface area contributed by atoms with Crippen molar-refractivity contribution >= 4 is 10.8 Å². The van der Waals surface area contributed by atoms with Crippen LogP contribution in [0.15, 0.2) is 59.2 Å². The van der Waals surface area contributed by atoms with Crippen molar-refractivity contribution in [3.05, 3.63) is 70.3 Å². The van der Waals surface area contributed by atoms with Crippen LogP contribution < -0.4 is 0 Å². The van der Waals surface area contributed by atoms with E-state index in [1.165, 1.54) is 27.7 Å². The lowest BCUT2D eigenvalue weighted by Crippen LogP contribution is -2.01. The molecule has 0 radical (unpaired) electrons. The van der Waals surface area contributed by atoms with Crippen LogP contribution in [0.2, 0.25) is 0 Å². The third kappa shape index (κ3) is 1.90. The van der Waals surface area contributed by atoms with Gasteiger partial charge in [-0.15, -0.1) is 0 Å². The monoisotopic (exact) mass is 264 g/mol. The van der Waals surface area contributed by atoms with Crippen molar-refractivity contribution < 1.29 is 5.11 Å². The normalized spacial score (nSPS) is 18.8. The summed E-state index contributed by atoms with van der Waals surface area (Å²) in [5, 5.41) is 12.2. The van der Waals surface area contributed by atoms with E-state index in [1.54, 1.807) is 0 Å². The second-order valence-electron chi connectivity index (χ2n) is 5.65. The average molecular weight is 264 g/mol.